The third-order valence-electron chi connectivity index (χ3n) is 3.72. The van der Waals surface area contributed by atoms with Crippen LogP contribution in [0.15, 0.2) is 36.4 Å². The predicted octanol–water partition coefficient (Wildman–Crippen LogP) is 4.14. The molecule has 2 aromatic rings. The first-order valence-electron chi connectivity index (χ1n) is 8.26. The van der Waals surface area contributed by atoms with Crippen molar-refractivity contribution in [1.29, 1.82) is 0 Å². The zero-order chi connectivity index (χ0) is 20.0. The second-order valence-corrected chi connectivity index (χ2v) is 6.53. The van der Waals surface area contributed by atoms with Crippen molar-refractivity contribution in [3.8, 4) is 5.75 Å². The van der Waals surface area contributed by atoms with E-state index in [0.29, 0.717) is 23.5 Å². The molecule has 0 aliphatic heterocycles. The molecule has 0 saturated carbocycles. The van der Waals surface area contributed by atoms with Gasteiger partial charge < -0.3 is 15.4 Å². The number of halogens is 3. The minimum absolute atomic E-state index is 0.0927. The van der Waals surface area contributed by atoms with Crippen LogP contribution in [-0.2, 0) is 4.79 Å². The SMILES string of the molecule is CCOc1ccc(C(=O)NCC(=O)N[C@@H](C)c2cc(F)c(Cl)cc2Cl)cc1. The molecule has 144 valence electrons. The zero-order valence-electron chi connectivity index (χ0n) is 14.8. The summed E-state index contributed by atoms with van der Waals surface area (Å²) in [6.07, 6.45) is 0. The van der Waals surface area contributed by atoms with Crippen molar-refractivity contribution in [2.75, 3.05) is 13.2 Å². The maximum Gasteiger partial charge on any atom is 0.251 e. The minimum atomic E-state index is -0.624. The van der Waals surface area contributed by atoms with Crippen molar-refractivity contribution in [2.24, 2.45) is 0 Å². The van der Waals surface area contributed by atoms with Crippen LogP contribution in [0.5, 0.6) is 5.75 Å². The highest BCUT2D eigenvalue weighted by molar-refractivity contribution is 6.35. The number of carbonyl (C=O) groups excluding carboxylic acids is 2. The van der Waals surface area contributed by atoms with Gasteiger partial charge in [-0.3, -0.25) is 9.59 Å². The topological polar surface area (TPSA) is 67.4 Å². The molecule has 2 amide bonds. The fourth-order valence-corrected chi connectivity index (χ4v) is 2.92. The van der Waals surface area contributed by atoms with E-state index in [1.165, 1.54) is 12.1 Å². The Kier molecular flexibility index (Phi) is 7.45. The van der Waals surface area contributed by atoms with E-state index in [2.05, 4.69) is 10.6 Å². The van der Waals surface area contributed by atoms with Crippen LogP contribution in [0, 0.1) is 5.82 Å². The summed E-state index contributed by atoms with van der Waals surface area (Å²) in [5, 5.41) is 5.32. The molecule has 0 aliphatic carbocycles. The molecule has 2 rings (SSSR count). The molecular formula is C19H19Cl2FN2O3. The van der Waals surface area contributed by atoms with Crippen molar-refractivity contribution in [3.05, 3.63) is 63.4 Å². The van der Waals surface area contributed by atoms with E-state index in [4.69, 9.17) is 27.9 Å². The van der Waals surface area contributed by atoms with Gasteiger partial charge in [-0.15, -0.1) is 0 Å². The molecule has 0 unspecified atom stereocenters. The van der Waals surface area contributed by atoms with Gasteiger partial charge in [0.2, 0.25) is 5.91 Å². The molecule has 5 nitrogen and oxygen atoms in total. The lowest BCUT2D eigenvalue weighted by molar-refractivity contribution is -0.120. The quantitative estimate of drug-likeness (QED) is 0.671. The summed E-state index contributed by atoms with van der Waals surface area (Å²) in [5.41, 5.74) is 0.798. The molecule has 2 aromatic carbocycles. The van der Waals surface area contributed by atoms with Crippen LogP contribution < -0.4 is 15.4 Å². The number of rotatable bonds is 7. The molecule has 2 N–H and O–H groups in total. The minimum Gasteiger partial charge on any atom is -0.494 e. The molecule has 0 heterocycles. The van der Waals surface area contributed by atoms with Crippen LogP contribution in [0.2, 0.25) is 10.0 Å². The van der Waals surface area contributed by atoms with Gasteiger partial charge in [0.15, 0.2) is 0 Å². The summed E-state index contributed by atoms with van der Waals surface area (Å²) >= 11 is 11.7. The van der Waals surface area contributed by atoms with Crippen molar-refractivity contribution in [1.82, 2.24) is 10.6 Å². The van der Waals surface area contributed by atoms with Crippen LogP contribution in [0.4, 0.5) is 4.39 Å². The average Bonchev–Trinajstić information content (AvgIpc) is 2.63. The highest BCUT2D eigenvalue weighted by Crippen LogP contribution is 2.28. The molecule has 0 aromatic heterocycles. The second kappa shape index (κ2) is 9.58. The molecule has 1 atom stereocenters. The van der Waals surface area contributed by atoms with Gasteiger partial charge in [-0.05, 0) is 55.8 Å². The van der Waals surface area contributed by atoms with E-state index < -0.39 is 23.7 Å². The first kappa shape index (κ1) is 21.0. The van der Waals surface area contributed by atoms with Gasteiger partial charge in [0.05, 0.1) is 24.2 Å². The first-order chi connectivity index (χ1) is 12.8. The van der Waals surface area contributed by atoms with Gasteiger partial charge in [0.1, 0.15) is 11.6 Å². The Morgan fingerprint density at radius 2 is 1.81 bits per heavy atom. The molecule has 0 fully saturated rings. The molecule has 0 aliphatic rings. The molecule has 0 spiro atoms. The van der Waals surface area contributed by atoms with Gasteiger partial charge in [0.25, 0.3) is 5.91 Å². The van der Waals surface area contributed by atoms with Gasteiger partial charge >= 0.3 is 0 Å². The van der Waals surface area contributed by atoms with Gasteiger partial charge in [-0.25, -0.2) is 4.39 Å². The van der Waals surface area contributed by atoms with Gasteiger partial charge in [-0.1, -0.05) is 23.2 Å². The summed E-state index contributed by atoms with van der Waals surface area (Å²) in [7, 11) is 0. The van der Waals surface area contributed by atoms with Crippen LogP contribution in [0.1, 0.15) is 35.8 Å². The van der Waals surface area contributed by atoms with E-state index in [-0.39, 0.29) is 16.6 Å². The van der Waals surface area contributed by atoms with E-state index in [1.807, 2.05) is 6.92 Å². The van der Waals surface area contributed by atoms with Crippen LogP contribution in [0.25, 0.3) is 0 Å². The predicted molar refractivity (Wildman–Crippen MR) is 103 cm³/mol. The lowest BCUT2D eigenvalue weighted by Gasteiger charge is -2.16. The molecule has 27 heavy (non-hydrogen) atoms. The van der Waals surface area contributed by atoms with E-state index >= 15 is 0 Å². The van der Waals surface area contributed by atoms with E-state index in [9.17, 15) is 14.0 Å². The van der Waals surface area contributed by atoms with Gasteiger partial charge in [-0.2, -0.15) is 0 Å². The maximum absolute atomic E-state index is 13.6. The summed E-state index contributed by atoms with van der Waals surface area (Å²) in [5.74, 6) is -0.793. The van der Waals surface area contributed by atoms with Crippen LogP contribution >= 0.6 is 23.2 Å². The maximum atomic E-state index is 13.6. The van der Waals surface area contributed by atoms with E-state index in [0.717, 1.165) is 0 Å². The summed E-state index contributed by atoms with van der Waals surface area (Å²) < 4.78 is 18.9. The Hall–Kier alpha value is -2.31. The zero-order valence-corrected chi connectivity index (χ0v) is 16.3. The van der Waals surface area contributed by atoms with Crippen molar-refractivity contribution in [2.45, 2.75) is 19.9 Å². The molecule has 0 bridgehead atoms. The Labute approximate surface area is 166 Å². The Balaban J connectivity index is 1.90. The lowest BCUT2D eigenvalue weighted by Crippen LogP contribution is -2.38. The average molecular weight is 413 g/mol. The summed E-state index contributed by atoms with van der Waals surface area (Å²) in [4.78, 5) is 24.1. The number of hydrogen-bond donors (Lipinski definition) is 2. The largest absolute Gasteiger partial charge is 0.494 e. The Bertz CT molecular complexity index is 828. The Morgan fingerprint density at radius 1 is 1.15 bits per heavy atom. The molecule has 0 saturated heterocycles. The Morgan fingerprint density at radius 3 is 2.44 bits per heavy atom. The first-order valence-corrected chi connectivity index (χ1v) is 9.02. The third-order valence-corrected chi connectivity index (χ3v) is 4.34. The third kappa shape index (κ3) is 5.84. The highest BCUT2D eigenvalue weighted by atomic mass is 35.5. The fourth-order valence-electron chi connectivity index (χ4n) is 2.37. The number of hydrogen-bond acceptors (Lipinski definition) is 3. The molecule has 8 heteroatoms. The van der Waals surface area contributed by atoms with Crippen molar-refractivity contribution in [3.63, 3.8) is 0 Å². The number of benzene rings is 2. The second-order valence-electron chi connectivity index (χ2n) is 5.72. The summed E-state index contributed by atoms with van der Waals surface area (Å²) in [6, 6.07) is 8.47. The fraction of sp³-hybridized carbons (Fsp3) is 0.263. The van der Waals surface area contributed by atoms with Crippen molar-refractivity contribution >= 4 is 35.0 Å². The van der Waals surface area contributed by atoms with Crippen LogP contribution in [0.3, 0.4) is 0 Å². The van der Waals surface area contributed by atoms with Gasteiger partial charge in [0, 0.05) is 10.6 Å². The number of amides is 2. The van der Waals surface area contributed by atoms with E-state index in [1.54, 1.807) is 31.2 Å². The lowest BCUT2D eigenvalue weighted by atomic mass is 10.1. The molecular weight excluding hydrogens is 394 g/mol. The van der Waals surface area contributed by atoms with Crippen molar-refractivity contribution < 1.29 is 18.7 Å². The standard InChI is InChI=1S/C19H19Cl2FN2O3/c1-3-27-13-6-4-12(5-7-13)19(26)23-10-18(25)24-11(2)14-8-17(22)16(21)9-15(14)20/h4-9,11H,3,10H2,1-2H3,(H,23,26)(H,24,25)/t11-/m0/s1. The normalized spacial score (nSPS) is 11.6. The number of carbonyl (C=O) groups is 2. The summed E-state index contributed by atoms with van der Waals surface area (Å²) in [6.45, 7) is 3.82. The monoisotopic (exact) mass is 412 g/mol. The molecule has 0 radical (unpaired) electrons. The number of ether oxygens (including phenoxy) is 1. The van der Waals surface area contributed by atoms with Crippen LogP contribution in [-0.4, -0.2) is 25.0 Å². The smallest absolute Gasteiger partial charge is 0.251 e. The highest BCUT2D eigenvalue weighted by Gasteiger charge is 2.16. The number of nitrogens with one attached hydrogen (secondary N) is 2.